The van der Waals surface area contributed by atoms with Crippen LogP contribution in [0.4, 0.5) is 0 Å². The summed E-state index contributed by atoms with van der Waals surface area (Å²) in [6, 6.07) is 9.59. The molecule has 0 aliphatic carbocycles. The van der Waals surface area contributed by atoms with E-state index in [1.165, 1.54) is 51.4 Å². The Labute approximate surface area is 175 Å². The Balaban J connectivity index is 1.83. The largest absolute Gasteiger partial charge is 0.465 e. The molecule has 0 aliphatic heterocycles. The van der Waals surface area contributed by atoms with Gasteiger partial charge >= 0.3 is 5.97 Å². The van der Waals surface area contributed by atoms with Crippen LogP contribution >= 0.6 is 0 Å². The fourth-order valence-electron chi connectivity index (χ4n) is 3.59. The number of hydrogen-bond donors (Lipinski definition) is 0. The van der Waals surface area contributed by atoms with E-state index in [-0.39, 0.29) is 5.97 Å². The van der Waals surface area contributed by atoms with Gasteiger partial charge in [0.1, 0.15) is 5.92 Å². The summed E-state index contributed by atoms with van der Waals surface area (Å²) >= 11 is 0. The van der Waals surface area contributed by atoms with Gasteiger partial charge in [0, 0.05) is 6.54 Å². The van der Waals surface area contributed by atoms with Crippen molar-refractivity contribution in [3.8, 4) is 0 Å². The summed E-state index contributed by atoms with van der Waals surface area (Å²) in [6.07, 6.45) is 12.8. The number of nitrogens with zero attached hydrogens (tertiary/aromatic N) is 4. The highest BCUT2D eigenvalue weighted by Gasteiger charge is 2.29. The third kappa shape index (κ3) is 7.95. The quantitative estimate of drug-likeness (QED) is 0.300. The molecule has 1 heterocycles. The Hall–Kier alpha value is -2.24. The molecule has 0 amide bonds. The maximum atomic E-state index is 12.6. The van der Waals surface area contributed by atoms with Crippen molar-refractivity contribution in [2.24, 2.45) is 0 Å². The summed E-state index contributed by atoms with van der Waals surface area (Å²) in [6.45, 7) is 5.13. The first kappa shape index (κ1) is 23.0. The molecule has 2 aromatic rings. The Morgan fingerprint density at radius 2 is 1.55 bits per heavy atom. The monoisotopic (exact) mass is 400 g/mol. The van der Waals surface area contributed by atoms with Crippen molar-refractivity contribution in [2.45, 2.75) is 90.5 Å². The van der Waals surface area contributed by atoms with E-state index in [2.05, 4.69) is 22.4 Å². The zero-order valence-corrected chi connectivity index (χ0v) is 18.1. The standard InChI is InChI=1S/C23H36N4O2/c1-3-5-6-7-8-9-10-11-12-16-19-27-22(24-25-26-27)21(23(28)29-4-2)20-17-14-13-15-18-20/h13-15,17-18,21H,3-12,16,19H2,1-2H3. The van der Waals surface area contributed by atoms with Crippen molar-refractivity contribution in [3.05, 3.63) is 41.7 Å². The molecule has 1 aromatic carbocycles. The van der Waals surface area contributed by atoms with E-state index in [1.54, 1.807) is 4.68 Å². The molecule has 160 valence electrons. The number of carbonyl (C=O) groups excluding carboxylic acids is 1. The summed E-state index contributed by atoms with van der Waals surface area (Å²) < 4.78 is 7.06. The minimum Gasteiger partial charge on any atom is -0.465 e. The molecule has 0 bridgehead atoms. The fraction of sp³-hybridized carbons (Fsp3) is 0.652. The first-order valence-corrected chi connectivity index (χ1v) is 11.3. The Bertz CT molecular complexity index is 687. The van der Waals surface area contributed by atoms with E-state index in [4.69, 9.17) is 4.74 Å². The van der Waals surface area contributed by atoms with Gasteiger partial charge < -0.3 is 4.74 Å². The van der Waals surface area contributed by atoms with Gasteiger partial charge in [0.2, 0.25) is 0 Å². The van der Waals surface area contributed by atoms with Gasteiger partial charge in [-0.25, -0.2) is 4.68 Å². The zero-order valence-electron chi connectivity index (χ0n) is 18.1. The van der Waals surface area contributed by atoms with E-state index < -0.39 is 5.92 Å². The topological polar surface area (TPSA) is 69.9 Å². The van der Waals surface area contributed by atoms with Crippen molar-refractivity contribution in [1.82, 2.24) is 20.2 Å². The molecule has 0 aliphatic rings. The van der Waals surface area contributed by atoms with Crippen molar-refractivity contribution in [2.75, 3.05) is 6.61 Å². The fourth-order valence-corrected chi connectivity index (χ4v) is 3.59. The number of esters is 1. The number of aromatic nitrogens is 4. The normalized spacial score (nSPS) is 12.1. The molecule has 1 atom stereocenters. The second kappa shape index (κ2) is 13.9. The summed E-state index contributed by atoms with van der Waals surface area (Å²) in [4.78, 5) is 12.6. The molecule has 1 unspecified atom stereocenters. The Kier molecular flexibility index (Phi) is 11.0. The average molecular weight is 401 g/mol. The number of benzene rings is 1. The van der Waals surface area contributed by atoms with Gasteiger partial charge in [0.15, 0.2) is 5.82 Å². The average Bonchev–Trinajstić information content (AvgIpc) is 3.18. The van der Waals surface area contributed by atoms with E-state index in [0.717, 1.165) is 24.9 Å². The van der Waals surface area contributed by atoms with E-state index in [1.807, 2.05) is 37.3 Å². The van der Waals surface area contributed by atoms with Crippen LogP contribution in [0, 0.1) is 0 Å². The second-order valence-corrected chi connectivity index (χ2v) is 7.54. The maximum absolute atomic E-state index is 12.6. The van der Waals surface area contributed by atoms with Gasteiger partial charge in [0.05, 0.1) is 6.61 Å². The van der Waals surface area contributed by atoms with Crippen LogP contribution in [-0.2, 0) is 16.1 Å². The van der Waals surface area contributed by atoms with Crippen LogP contribution in [0.5, 0.6) is 0 Å². The van der Waals surface area contributed by atoms with Crippen LogP contribution in [-0.4, -0.2) is 32.8 Å². The van der Waals surface area contributed by atoms with Crippen LogP contribution < -0.4 is 0 Å². The van der Waals surface area contributed by atoms with Gasteiger partial charge in [0.25, 0.3) is 0 Å². The van der Waals surface area contributed by atoms with Crippen molar-refractivity contribution >= 4 is 5.97 Å². The van der Waals surface area contributed by atoms with Gasteiger partial charge in [-0.1, -0.05) is 95.0 Å². The predicted molar refractivity (Wildman–Crippen MR) is 115 cm³/mol. The molecule has 0 fully saturated rings. The number of rotatable bonds is 15. The molecule has 0 saturated carbocycles. The minimum absolute atomic E-state index is 0.308. The molecule has 2 rings (SSSR count). The van der Waals surface area contributed by atoms with E-state index in [0.29, 0.717) is 12.4 Å². The Morgan fingerprint density at radius 3 is 2.17 bits per heavy atom. The highest BCUT2D eigenvalue weighted by Crippen LogP contribution is 2.24. The highest BCUT2D eigenvalue weighted by atomic mass is 16.5. The third-order valence-corrected chi connectivity index (χ3v) is 5.20. The molecular formula is C23H36N4O2. The van der Waals surface area contributed by atoms with Crippen molar-refractivity contribution in [1.29, 1.82) is 0 Å². The van der Waals surface area contributed by atoms with Crippen LogP contribution in [0.3, 0.4) is 0 Å². The highest BCUT2D eigenvalue weighted by molar-refractivity contribution is 5.81. The Morgan fingerprint density at radius 1 is 0.931 bits per heavy atom. The van der Waals surface area contributed by atoms with Crippen molar-refractivity contribution < 1.29 is 9.53 Å². The third-order valence-electron chi connectivity index (χ3n) is 5.20. The zero-order chi connectivity index (χ0) is 20.7. The van der Waals surface area contributed by atoms with Crippen molar-refractivity contribution in [3.63, 3.8) is 0 Å². The number of aryl methyl sites for hydroxylation is 1. The van der Waals surface area contributed by atoms with E-state index in [9.17, 15) is 4.79 Å². The summed E-state index contributed by atoms with van der Waals surface area (Å²) in [5, 5.41) is 12.1. The first-order chi connectivity index (χ1) is 14.3. The van der Waals surface area contributed by atoms with Crippen LogP contribution in [0.15, 0.2) is 30.3 Å². The lowest BCUT2D eigenvalue weighted by atomic mass is 9.98. The summed E-state index contributed by atoms with van der Waals surface area (Å²) in [5.74, 6) is -0.335. The molecule has 6 heteroatoms. The lowest BCUT2D eigenvalue weighted by molar-refractivity contribution is -0.144. The maximum Gasteiger partial charge on any atom is 0.321 e. The molecule has 29 heavy (non-hydrogen) atoms. The minimum atomic E-state index is -0.589. The van der Waals surface area contributed by atoms with Gasteiger partial charge in [-0.05, 0) is 29.3 Å². The van der Waals surface area contributed by atoms with Crippen LogP contribution in [0.25, 0.3) is 0 Å². The second-order valence-electron chi connectivity index (χ2n) is 7.54. The molecule has 0 N–H and O–H groups in total. The van der Waals surface area contributed by atoms with Gasteiger partial charge in [-0.2, -0.15) is 0 Å². The lowest BCUT2D eigenvalue weighted by Gasteiger charge is -2.15. The summed E-state index contributed by atoms with van der Waals surface area (Å²) in [5.41, 5.74) is 0.852. The number of tetrazole rings is 1. The summed E-state index contributed by atoms with van der Waals surface area (Å²) in [7, 11) is 0. The number of hydrogen-bond acceptors (Lipinski definition) is 5. The first-order valence-electron chi connectivity index (χ1n) is 11.3. The molecule has 1 aromatic heterocycles. The molecule has 0 radical (unpaired) electrons. The molecule has 6 nitrogen and oxygen atoms in total. The van der Waals surface area contributed by atoms with Crippen LogP contribution in [0.2, 0.25) is 0 Å². The molecule has 0 spiro atoms. The van der Waals surface area contributed by atoms with Gasteiger partial charge in [-0.15, -0.1) is 5.10 Å². The number of ether oxygens (including phenoxy) is 1. The van der Waals surface area contributed by atoms with E-state index >= 15 is 0 Å². The van der Waals surface area contributed by atoms with Gasteiger partial charge in [-0.3, -0.25) is 4.79 Å². The number of unbranched alkanes of at least 4 members (excludes halogenated alkanes) is 9. The number of carbonyl (C=O) groups is 1. The smallest absolute Gasteiger partial charge is 0.321 e. The predicted octanol–water partition coefficient (Wildman–Crippen LogP) is 5.29. The molecule has 0 saturated heterocycles. The lowest BCUT2D eigenvalue weighted by Crippen LogP contribution is -2.22. The SMILES string of the molecule is CCCCCCCCCCCCn1nnnc1C(C(=O)OCC)c1ccccc1. The molecular weight excluding hydrogens is 364 g/mol. The van der Waals surface area contributed by atoms with Crippen LogP contribution in [0.1, 0.15) is 95.4 Å².